The molecule has 4 heteroatoms. The van der Waals surface area contributed by atoms with E-state index in [2.05, 4.69) is 41.5 Å². The summed E-state index contributed by atoms with van der Waals surface area (Å²) in [6.45, 7) is 6.46. The fourth-order valence-electron chi connectivity index (χ4n) is 2.31. The van der Waals surface area contributed by atoms with E-state index in [0.29, 0.717) is 13.1 Å². The van der Waals surface area contributed by atoms with Crippen molar-refractivity contribution in [3.63, 3.8) is 0 Å². The summed E-state index contributed by atoms with van der Waals surface area (Å²) in [5, 5.41) is 6.41. The van der Waals surface area contributed by atoms with Gasteiger partial charge in [-0.2, -0.15) is 0 Å². The molecule has 4 nitrogen and oxygen atoms in total. The molecule has 1 unspecified atom stereocenters. The van der Waals surface area contributed by atoms with Gasteiger partial charge in [0.2, 0.25) is 5.91 Å². The summed E-state index contributed by atoms with van der Waals surface area (Å²) in [6.07, 6.45) is 0. The van der Waals surface area contributed by atoms with Crippen LogP contribution < -0.4 is 10.6 Å². The minimum absolute atomic E-state index is 0.0444. The second kappa shape index (κ2) is 5.94. The van der Waals surface area contributed by atoms with Crippen LogP contribution in [-0.4, -0.2) is 43.5 Å². The number of benzene rings is 1. The average molecular weight is 275 g/mol. The number of likely N-dealkylation sites (N-methyl/N-ethyl adjacent to an activating group) is 1. The lowest BCUT2D eigenvalue weighted by Gasteiger charge is -2.34. The first-order valence-corrected chi connectivity index (χ1v) is 7.15. The Morgan fingerprint density at radius 3 is 2.80 bits per heavy atom. The molecule has 2 rings (SSSR count). The van der Waals surface area contributed by atoms with E-state index in [1.54, 1.807) is 0 Å². The van der Waals surface area contributed by atoms with Crippen molar-refractivity contribution in [3.05, 3.63) is 35.4 Å². The van der Waals surface area contributed by atoms with Crippen molar-refractivity contribution in [3.8, 4) is 0 Å². The van der Waals surface area contributed by atoms with E-state index in [-0.39, 0.29) is 17.4 Å². The quantitative estimate of drug-likeness (QED) is 0.871. The minimum atomic E-state index is -0.0853. The molecule has 0 spiro atoms. The van der Waals surface area contributed by atoms with Crippen molar-refractivity contribution in [1.82, 2.24) is 15.5 Å². The van der Waals surface area contributed by atoms with Gasteiger partial charge >= 0.3 is 0 Å². The third-order valence-corrected chi connectivity index (χ3v) is 4.32. The van der Waals surface area contributed by atoms with Gasteiger partial charge in [0.1, 0.15) is 0 Å². The molecule has 0 saturated heterocycles. The van der Waals surface area contributed by atoms with Gasteiger partial charge in [0, 0.05) is 25.2 Å². The largest absolute Gasteiger partial charge is 0.354 e. The average Bonchev–Trinajstić information content (AvgIpc) is 2.44. The topological polar surface area (TPSA) is 44.4 Å². The number of hydrogen-bond acceptors (Lipinski definition) is 3. The smallest absolute Gasteiger partial charge is 0.228 e. The van der Waals surface area contributed by atoms with Crippen LogP contribution >= 0.6 is 0 Å². The molecule has 1 aromatic carbocycles. The Morgan fingerprint density at radius 2 is 2.10 bits per heavy atom. The first kappa shape index (κ1) is 15.0. The SMILES string of the molecule is CN(C)C(C)(C)CNC(=O)C1CNCc2ccccc21. The maximum Gasteiger partial charge on any atom is 0.228 e. The molecule has 0 radical (unpaired) electrons. The van der Waals surface area contributed by atoms with Crippen molar-refractivity contribution < 1.29 is 4.79 Å². The number of rotatable bonds is 4. The van der Waals surface area contributed by atoms with E-state index in [4.69, 9.17) is 0 Å². The maximum absolute atomic E-state index is 12.5. The highest BCUT2D eigenvalue weighted by Crippen LogP contribution is 2.24. The summed E-state index contributed by atoms with van der Waals surface area (Å²) in [7, 11) is 4.06. The molecule has 1 amide bonds. The van der Waals surface area contributed by atoms with Crippen LogP contribution in [0.2, 0.25) is 0 Å². The standard InChI is InChI=1S/C16H25N3O/c1-16(2,19(3)4)11-18-15(20)14-10-17-9-12-7-5-6-8-13(12)14/h5-8,14,17H,9-11H2,1-4H3,(H,18,20). The lowest BCUT2D eigenvalue weighted by Crippen LogP contribution is -2.50. The van der Waals surface area contributed by atoms with Crippen LogP contribution in [0.25, 0.3) is 0 Å². The molecule has 0 aliphatic carbocycles. The fourth-order valence-corrected chi connectivity index (χ4v) is 2.31. The second-order valence-electron chi connectivity index (χ2n) is 6.31. The third kappa shape index (κ3) is 3.19. The highest BCUT2D eigenvalue weighted by Gasteiger charge is 2.28. The number of nitrogens with one attached hydrogen (secondary N) is 2. The Kier molecular flexibility index (Phi) is 4.45. The number of amides is 1. The zero-order valence-electron chi connectivity index (χ0n) is 12.9. The highest BCUT2D eigenvalue weighted by molar-refractivity contribution is 5.84. The van der Waals surface area contributed by atoms with Gasteiger partial charge < -0.3 is 15.5 Å². The zero-order chi connectivity index (χ0) is 14.8. The van der Waals surface area contributed by atoms with Crippen LogP contribution in [0.4, 0.5) is 0 Å². The first-order chi connectivity index (χ1) is 9.42. The first-order valence-electron chi connectivity index (χ1n) is 7.15. The fraction of sp³-hybridized carbons (Fsp3) is 0.562. The molecule has 1 atom stereocenters. The van der Waals surface area contributed by atoms with Gasteiger partial charge in [0.25, 0.3) is 0 Å². The molecule has 2 N–H and O–H groups in total. The van der Waals surface area contributed by atoms with Gasteiger partial charge in [-0.15, -0.1) is 0 Å². The van der Waals surface area contributed by atoms with E-state index >= 15 is 0 Å². The van der Waals surface area contributed by atoms with E-state index in [9.17, 15) is 4.79 Å². The van der Waals surface area contributed by atoms with Gasteiger partial charge in [-0.25, -0.2) is 0 Å². The number of carbonyl (C=O) groups is 1. The lowest BCUT2D eigenvalue weighted by molar-refractivity contribution is -0.123. The molecule has 0 bridgehead atoms. The molecule has 0 fully saturated rings. The molecular formula is C16H25N3O. The highest BCUT2D eigenvalue weighted by atomic mass is 16.1. The number of nitrogens with zero attached hydrogens (tertiary/aromatic N) is 1. The van der Waals surface area contributed by atoms with E-state index in [1.807, 2.05) is 26.2 Å². The van der Waals surface area contributed by atoms with Gasteiger partial charge in [0.05, 0.1) is 5.92 Å². The second-order valence-corrected chi connectivity index (χ2v) is 6.31. The molecule has 1 aliphatic heterocycles. The summed E-state index contributed by atoms with van der Waals surface area (Å²) < 4.78 is 0. The van der Waals surface area contributed by atoms with Gasteiger partial charge in [-0.1, -0.05) is 24.3 Å². The summed E-state index contributed by atoms with van der Waals surface area (Å²) in [4.78, 5) is 14.6. The van der Waals surface area contributed by atoms with Gasteiger partial charge in [-0.05, 0) is 39.1 Å². The van der Waals surface area contributed by atoms with E-state index in [0.717, 1.165) is 12.1 Å². The monoisotopic (exact) mass is 275 g/mol. The molecule has 0 saturated carbocycles. The van der Waals surface area contributed by atoms with Crippen LogP contribution in [0.5, 0.6) is 0 Å². The molecule has 1 heterocycles. The third-order valence-electron chi connectivity index (χ3n) is 4.32. The van der Waals surface area contributed by atoms with Crippen LogP contribution in [-0.2, 0) is 11.3 Å². The summed E-state index contributed by atoms with van der Waals surface area (Å²) in [6, 6.07) is 8.19. The number of fused-ring (bicyclic) bond motifs is 1. The maximum atomic E-state index is 12.5. The Bertz CT molecular complexity index is 482. The Balaban J connectivity index is 2.04. The molecule has 0 aromatic heterocycles. The predicted octanol–water partition coefficient (Wildman–Crippen LogP) is 1.33. The van der Waals surface area contributed by atoms with Crippen molar-refractivity contribution in [1.29, 1.82) is 0 Å². The normalized spacial score (nSPS) is 18.8. The molecular weight excluding hydrogens is 250 g/mol. The number of carbonyl (C=O) groups excluding carboxylic acids is 1. The number of hydrogen-bond donors (Lipinski definition) is 2. The van der Waals surface area contributed by atoms with Crippen molar-refractivity contribution in [2.45, 2.75) is 31.8 Å². The van der Waals surface area contributed by atoms with Crippen LogP contribution in [0.15, 0.2) is 24.3 Å². The van der Waals surface area contributed by atoms with E-state index < -0.39 is 0 Å². The van der Waals surface area contributed by atoms with Crippen molar-refractivity contribution in [2.24, 2.45) is 0 Å². The van der Waals surface area contributed by atoms with E-state index in [1.165, 1.54) is 5.56 Å². The van der Waals surface area contributed by atoms with Crippen molar-refractivity contribution in [2.75, 3.05) is 27.2 Å². The Labute approximate surface area is 121 Å². The lowest BCUT2D eigenvalue weighted by atomic mass is 9.90. The van der Waals surface area contributed by atoms with Gasteiger partial charge in [0.15, 0.2) is 0 Å². The molecule has 110 valence electrons. The molecule has 1 aliphatic rings. The molecule has 20 heavy (non-hydrogen) atoms. The summed E-state index contributed by atoms with van der Waals surface area (Å²) in [5.41, 5.74) is 2.34. The zero-order valence-corrected chi connectivity index (χ0v) is 12.9. The van der Waals surface area contributed by atoms with Crippen LogP contribution in [0.1, 0.15) is 30.9 Å². The van der Waals surface area contributed by atoms with Crippen LogP contribution in [0.3, 0.4) is 0 Å². The van der Waals surface area contributed by atoms with Crippen LogP contribution in [0, 0.1) is 0 Å². The molecule has 1 aromatic rings. The summed E-state index contributed by atoms with van der Waals surface area (Å²) in [5.74, 6) is 0.0255. The van der Waals surface area contributed by atoms with Crippen molar-refractivity contribution >= 4 is 5.91 Å². The summed E-state index contributed by atoms with van der Waals surface area (Å²) >= 11 is 0. The Morgan fingerprint density at radius 1 is 1.40 bits per heavy atom. The van der Waals surface area contributed by atoms with Gasteiger partial charge in [-0.3, -0.25) is 4.79 Å². The minimum Gasteiger partial charge on any atom is -0.354 e. The predicted molar refractivity (Wildman–Crippen MR) is 81.7 cm³/mol. The Hall–Kier alpha value is -1.39.